The molecule has 1 fully saturated rings. The van der Waals surface area contributed by atoms with Gasteiger partial charge in [-0.1, -0.05) is 12.8 Å². The third-order valence-corrected chi connectivity index (χ3v) is 6.71. The standard InChI is InChI=1S/C12H26O3Si/c1-5-13-16(14-6-2,15-11(3)4)12-9-7-8-10-12/h11-12H,5-10H2,1-4H3. The average molecular weight is 246 g/mol. The van der Waals surface area contributed by atoms with E-state index in [1.807, 2.05) is 13.8 Å². The van der Waals surface area contributed by atoms with Gasteiger partial charge in [-0.3, -0.25) is 0 Å². The van der Waals surface area contributed by atoms with Crippen molar-refractivity contribution in [3.05, 3.63) is 0 Å². The zero-order chi connectivity index (χ0) is 12.0. The highest BCUT2D eigenvalue weighted by molar-refractivity contribution is 6.62. The van der Waals surface area contributed by atoms with Crippen LogP contribution in [-0.4, -0.2) is 28.1 Å². The maximum absolute atomic E-state index is 6.10. The van der Waals surface area contributed by atoms with Crippen molar-refractivity contribution in [2.75, 3.05) is 13.2 Å². The molecule has 1 aliphatic rings. The molecular formula is C12H26O3Si. The van der Waals surface area contributed by atoms with Crippen molar-refractivity contribution in [1.82, 2.24) is 0 Å². The van der Waals surface area contributed by atoms with Gasteiger partial charge in [-0.15, -0.1) is 0 Å². The highest BCUT2D eigenvalue weighted by Crippen LogP contribution is 2.40. The van der Waals surface area contributed by atoms with Crippen LogP contribution in [0.3, 0.4) is 0 Å². The van der Waals surface area contributed by atoms with Crippen LogP contribution in [-0.2, 0) is 13.3 Å². The quantitative estimate of drug-likeness (QED) is 0.645. The lowest BCUT2D eigenvalue weighted by Crippen LogP contribution is -2.51. The summed E-state index contributed by atoms with van der Waals surface area (Å²) in [6.07, 6.45) is 5.19. The van der Waals surface area contributed by atoms with Crippen molar-refractivity contribution >= 4 is 8.80 Å². The van der Waals surface area contributed by atoms with E-state index in [1.165, 1.54) is 25.7 Å². The van der Waals surface area contributed by atoms with Gasteiger partial charge in [0.15, 0.2) is 0 Å². The van der Waals surface area contributed by atoms with Crippen LogP contribution in [0.15, 0.2) is 0 Å². The monoisotopic (exact) mass is 246 g/mol. The summed E-state index contributed by atoms with van der Waals surface area (Å²) in [4.78, 5) is 0. The van der Waals surface area contributed by atoms with Gasteiger partial charge in [0.05, 0.1) is 0 Å². The smallest absolute Gasteiger partial charge is 0.374 e. The van der Waals surface area contributed by atoms with Crippen LogP contribution in [0.1, 0.15) is 53.4 Å². The Balaban J connectivity index is 2.75. The van der Waals surface area contributed by atoms with Crippen LogP contribution in [0, 0.1) is 0 Å². The molecular weight excluding hydrogens is 220 g/mol. The molecule has 0 aromatic carbocycles. The van der Waals surface area contributed by atoms with Gasteiger partial charge >= 0.3 is 8.80 Å². The Morgan fingerprint density at radius 1 is 1.06 bits per heavy atom. The molecule has 0 unspecified atom stereocenters. The van der Waals surface area contributed by atoms with Crippen molar-refractivity contribution in [3.8, 4) is 0 Å². The molecule has 1 rings (SSSR count). The predicted molar refractivity (Wildman–Crippen MR) is 67.4 cm³/mol. The van der Waals surface area contributed by atoms with E-state index in [-0.39, 0.29) is 6.10 Å². The van der Waals surface area contributed by atoms with Gasteiger partial charge in [0, 0.05) is 24.9 Å². The van der Waals surface area contributed by atoms with Gasteiger partial charge < -0.3 is 13.3 Å². The molecule has 0 heterocycles. The Kier molecular flexibility index (Phi) is 5.96. The zero-order valence-corrected chi connectivity index (χ0v) is 12.1. The minimum Gasteiger partial charge on any atom is -0.374 e. The first-order valence-electron chi connectivity index (χ1n) is 6.60. The number of hydrogen-bond donors (Lipinski definition) is 0. The Morgan fingerprint density at radius 2 is 1.56 bits per heavy atom. The van der Waals surface area contributed by atoms with E-state index in [2.05, 4.69) is 13.8 Å². The Bertz CT molecular complexity index is 185. The largest absolute Gasteiger partial charge is 0.504 e. The lowest BCUT2D eigenvalue weighted by Gasteiger charge is -2.35. The molecule has 0 amide bonds. The molecule has 0 aromatic rings. The number of hydrogen-bond acceptors (Lipinski definition) is 3. The summed E-state index contributed by atoms with van der Waals surface area (Å²) in [5.74, 6) is 0. The highest BCUT2D eigenvalue weighted by Gasteiger charge is 2.50. The summed E-state index contributed by atoms with van der Waals surface area (Å²) in [7, 11) is -2.43. The fourth-order valence-electron chi connectivity index (χ4n) is 2.45. The summed E-state index contributed by atoms with van der Waals surface area (Å²) < 4.78 is 18.0. The van der Waals surface area contributed by atoms with E-state index in [0.29, 0.717) is 18.8 Å². The van der Waals surface area contributed by atoms with Gasteiger partial charge in [0.25, 0.3) is 0 Å². The molecule has 16 heavy (non-hydrogen) atoms. The molecule has 0 aromatic heterocycles. The molecule has 0 bridgehead atoms. The van der Waals surface area contributed by atoms with E-state index >= 15 is 0 Å². The van der Waals surface area contributed by atoms with Crippen molar-refractivity contribution in [2.45, 2.75) is 65.0 Å². The van der Waals surface area contributed by atoms with Gasteiger partial charge in [-0.2, -0.15) is 0 Å². The van der Waals surface area contributed by atoms with E-state index in [1.54, 1.807) is 0 Å². The van der Waals surface area contributed by atoms with Crippen LogP contribution >= 0.6 is 0 Å². The van der Waals surface area contributed by atoms with Crippen molar-refractivity contribution in [3.63, 3.8) is 0 Å². The predicted octanol–water partition coefficient (Wildman–Crippen LogP) is 3.37. The second kappa shape index (κ2) is 6.74. The lowest BCUT2D eigenvalue weighted by atomic mass is 10.4. The minimum atomic E-state index is -2.43. The second-order valence-corrected chi connectivity index (χ2v) is 7.45. The normalized spacial score (nSPS) is 18.6. The summed E-state index contributed by atoms with van der Waals surface area (Å²) in [6.45, 7) is 9.56. The van der Waals surface area contributed by atoms with Crippen LogP contribution in [0.25, 0.3) is 0 Å². The minimum absolute atomic E-state index is 0.186. The number of rotatable bonds is 7. The summed E-state index contributed by atoms with van der Waals surface area (Å²) in [5.41, 5.74) is 0.523. The molecule has 96 valence electrons. The van der Waals surface area contributed by atoms with Crippen LogP contribution in [0.5, 0.6) is 0 Å². The highest BCUT2D eigenvalue weighted by atomic mass is 28.4. The van der Waals surface area contributed by atoms with E-state index < -0.39 is 8.80 Å². The Hall–Kier alpha value is 0.0969. The third-order valence-electron chi connectivity index (χ3n) is 2.95. The molecule has 3 nitrogen and oxygen atoms in total. The molecule has 1 saturated carbocycles. The molecule has 0 spiro atoms. The molecule has 0 N–H and O–H groups in total. The van der Waals surface area contributed by atoms with E-state index in [0.717, 1.165) is 0 Å². The van der Waals surface area contributed by atoms with E-state index in [4.69, 9.17) is 13.3 Å². The fourth-order valence-corrected chi connectivity index (χ4v) is 5.91. The zero-order valence-electron chi connectivity index (χ0n) is 11.1. The maximum Gasteiger partial charge on any atom is 0.504 e. The average Bonchev–Trinajstić information content (AvgIpc) is 2.70. The molecule has 1 aliphatic carbocycles. The molecule has 0 atom stereocenters. The van der Waals surface area contributed by atoms with Gasteiger partial charge in [0.1, 0.15) is 0 Å². The Morgan fingerprint density at radius 3 is 1.94 bits per heavy atom. The molecule has 0 radical (unpaired) electrons. The first-order chi connectivity index (χ1) is 7.64. The first-order valence-corrected chi connectivity index (χ1v) is 8.40. The lowest BCUT2D eigenvalue weighted by molar-refractivity contribution is 0.0352. The second-order valence-electron chi connectivity index (χ2n) is 4.62. The molecule has 0 aliphatic heterocycles. The summed E-state index contributed by atoms with van der Waals surface area (Å²) in [5, 5.41) is 0. The van der Waals surface area contributed by atoms with Gasteiger partial charge in [-0.05, 0) is 40.5 Å². The van der Waals surface area contributed by atoms with Gasteiger partial charge in [0.2, 0.25) is 0 Å². The Labute approximate surface area is 101 Å². The summed E-state index contributed by atoms with van der Waals surface area (Å²) >= 11 is 0. The SMILES string of the molecule is CCO[Si](OCC)(OC(C)C)C1CCCC1. The van der Waals surface area contributed by atoms with Crippen molar-refractivity contribution in [1.29, 1.82) is 0 Å². The maximum atomic E-state index is 6.10. The van der Waals surface area contributed by atoms with Gasteiger partial charge in [-0.25, -0.2) is 0 Å². The third kappa shape index (κ3) is 3.55. The van der Waals surface area contributed by atoms with Crippen LogP contribution < -0.4 is 0 Å². The topological polar surface area (TPSA) is 27.7 Å². The first kappa shape index (κ1) is 14.2. The van der Waals surface area contributed by atoms with E-state index in [9.17, 15) is 0 Å². The van der Waals surface area contributed by atoms with Crippen molar-refractivity contribution < 1.29 is 13.3 Å². The van der Waals surface area contributed by atoms with Crippen molar-refractivity contribution in [2.24, 2.45) is 0 Å². The molecule has 0 saturated heterocycles. The van der Waals surface area contributed by atoms with Crippen LogP contribution in [0.2, 0.25) is 5.54 Å². The summed E-state index contributed by atoms with van der Waals surface area (Å²) in [6, 6.07) is 0. The molecule has 4 heteroatoms. The van der Waals surface area contributed by atoms with Crippen LogP contribution in [0.4, 0.5) is 0 Å². The fraction of sp³-hybridized carbons (Fsp3) is 1.00.